The maximum absolute atomic E-state index is 13.6. The van der Waals surface area contributed by atoms with Crippen LogP contribution in [0.15, 0.2) is 53.7 Å². The summed E-state index contributed by atoms with van der Waals surface area (Å²) in [5.74, 6) is -0.205. The molecule has 1 aromatic carbocycles. The second-order valence-corrected chi connectivity index (χ2v) is 8.36. The minimum Gasteiger partial charge on any atom is -0.493 e. The highest BCUT2D eigenvalue weighted by atomic mass is 16.5. The van der Waals surface area contributed by atoms with Crippen LogP contribution in [0, 0.1) is 0 Å². The lowest BCUT2D eigenvalue weighted by Crippen LogP contribution is -2.49. The van der Waals surface area contributed by atoms with Crippen LogP contribution < -0.4 is 20.1 Å². The fraction of sp³-hybridized carbons (Fsp3) is 0.423. The Kier molecular flexibility index (Phi) is 9.34. The topological polar surface area (TPSA) is 110 Å². The number of rotatable bonds is 11. The molecule has 1 fully saturated rings. The molecule has 1 atom stereocenters. The summed E-state index contributed by atoms with van der Waals surface area (Å²) in [7, 11) is 3.04. The van der Waals surface area contributed by atoms with Crippen LogP contribution in [0.3, 0.4) is 0 Å². The number of hydrogen-bond acceptors (Lipinski definition) is 6. The number of ether oxygens (including phenoxy) is 2. The quantitative estimate of drug-likeness (QED) is 0.475. The molecule has 2 aromatic rings. The van der Waals surface area contributed by atoms with Gasteiger partial charge < -0.3 is 29.4 Å². The second kappa shape index (κ2) is 12.6. The van der Waals surface area contributed by atoms with E-state index >= 15 is 0 Å². The lowest BCUT2D eigenvalue weighted by atomic mass is 9.94. The van der Waals surface area contributed by atoms with Crippen molar-refractivity contribution in [1.82, 2.24) is 15.5 Å². The number of methoxy groups -OCH3 is 2. The number of amides is 3. The first-order chi connectivity index (χ1) is 17.0. The molecular formula is C26H33N3O6. The first-order valence-electron chi connectivity index (χ1n) is 11.7. The lowest BCUT2D eigenvalue weighted by Gasteiger charge is -2.33. The zero-order valence-electron chi connectivity index (χ0n) is 20.2. The van der Waals surface area contributed by atoms with Crippen LogP contribution in [0.4, 0.5) is 0 Å². The summed E-state index contributed by atoms with van der Waals surface area (Å²) >= 11 is 0. The van der Waals surface area contributed by atoms with Gasteiger partial charge >= 0.3 is 0 Å². The van der Waals surface area contributed by atoms with Crippen molar-refractivity contribution >= 4 is 17.7 Å². The van der Waals surface area contributed by atoms with Gasteiger partial charge in [0.15, 0.2) is 17.3 Å². The molecule has 3 amide bonds. The van der Waals surface area contributed by atoms with Crippen molar-refractivity contribution in [2.75, 3.05) is 27.3 Å². The highest BCUT2D eigenvalue weighted by molar-refractivity contribution is 5.95. The first-order valence-corrected chi connectivity index (χ1v) is 11.7. The molecule has 1 aromatic heterocycles. The fourth-order valence-corrected chi connectivity index (χ4v) is 4.27. The maximum Gasteiger partial charge on any atom is 0.287 e. The average Bonchev–Trinajstić information content (AvgIpc) is 3.42. The number of nitrogens with zero attached hydrogens (tertiary/aromatic N) is 1. The van der Waals surface area contributed by atoms with Crippen LogP contribution in [-0.2, 0) is 9.59 Å². The van der Waals surface area contributed by atoms with Crippen molar-refractivity contribution in [1.29, 1.82) is 0 Å². The highest BCUT2D eigenvalue weighted by Gasteiger charge is 2.33. The molecule has 0 saturated heterocycles. The lowest BCUT2D eigenvalue weighted by molar-refractivity contribution is -0.139. The third kappa shape index (κ3) is 6.65. The molecule has 2 N–H and O–H groups in total. The van der Waals surface area contributed by atoms with E-state index in [2.05, 4.69) is 17.2 Å². The Morgan fingerprint density at radius 3 is 2.51 bits per heavy atom. The van der Waals surface area contributed by atoms with Gasteiger partial charge in [-0.1, -0.05) is 31.4 Å². The minimum atomic E-state index is -0.956. The Bertz CT molecular complexity index is 1010. The van der Waals surface area contributed by atoms with Crippen LogP contribution in [0.2, 0.25) is 0 Å². The molecule has 0 radical (unpaired) electrons. The first kappa shape index (κ1) is 25.9. The highest BCUT2D eigenvalue weighted by Crippen LogP contribution is 2.32. The van der Waals surface area contributed by atoms with Crippen LogP contribution in [0.1, 0.15) is 54.3 Å². The van der Waals surface area contributed by atoms with Crippen molar-refractivity contribution < 1.29 is 28.3 Å². The van der Waals surface area contributed by atoms with Gasteiger partial charge in [0.2, 0.25) is 11.8 Å². The standard InChI is InChI=1S/C26H33N3O6/c1-4-14-29(23(30)17-27-25(31)21-11-8-15-35-21)24(26(32)28-19-9-6-5-7-10-19)18-12-13-20(33-2)22(16-18)34-3/h4,8,11-13,15-16,19,24H,1,5-7,9-10,14,17H2,2-3H3,(H,27,31)(H,28,32)/t24-/m0/s1. The summed E-state index contributed by atoms with van der Waals surface area (Å²) in [6.07, 6.45) is 8.00. The zero-order chi connectivity index (χ0) is 25.2. The van der Waals surface area contributed by atoms with E-state index < -0.39 is 17.9 Å². The van der Waals surface area contributed by atoms with E-state index in [1.165, 1.54) is 31.4 Å². The van der Waals surface area contributed by atoms with Gasteiger partial charge in [0, 0.05) is 12.6 Å². The Labute approximate surface area is 205 Å². The molecular weight excluding hydrogens is 450 g/mol. The molecule has 9 heteroatoms. The smallest absolute Gasteiger partial charge is 0.287 e. The maximum atomic E-state index is 13.6. The number of nitrogens with one attached hydrogen (secondary N) is 2. The molecule has 188 valence electrons. The fourth-order valence-electron chi connectivity index (χ4n) is 4.27. The Morgan fingerprint density at radius 2 is 1.89 bits per heavy atom. The van der Waals surface area contributed by atoms with Gasteiger partial charge in [-0.25, -0.2) is 0 Å². The largest absolute Gasteiger partial charge is 0.493 e. The van der Waals surface area contributed by atoms with Crippen molar-refractivity contribution in [3.63, 3.8) is 0 Å². The monoisotopic (exact) mass is 483 g/mol. The van der Waals surface area contributed by atoms with Crippen molar-refractivity contribution in [3.05, 3.63) is 60.6 Å². The van der Waals surface area contributed by atoms with Gasteiger partial charge in [0.1, 0.15) is 6.04 Å². The molecule has 3 rings (SSSR count). The van der Waals surface area contributed by atoms with Crippen molar-refractivity contribution in [2.45, 2.75) is 44.2 Å². The summed E-state index contributed by atoms with van der Waals surface area (Å²) < 4.78 is 15.8. The number of hydrogen-bond donors (Lipinski definition) is 2. The van der Waals surface area contributed by atoms with Gasteiger partial charge in [0.25, 0.3) is 5.91 Å². The zero-order valence-corrected chi connectivity index (χ0v) is 20.2. The normalized spacial score (nSPS) is 14.5. The molecule has 1 saturated carbocycles. The van der Waals surface area contributed by atoms with E-state index in [0.717, 1.165) is 32.1 Å². The SMILES string of the molecule is C=CCN(C(=O)CNC(=O)c1ccco1)[C@H](C(=O)NC1CCCCC1)c1ccc(OC)c(OC)c1. The van der Waals surface area contributed by atoms with Crippen LogP contribution in [0.25, 0.3) is 0 Å². The third-order valence-corrected chi connectivity index (χ3v) is 6.03. The van der Waals surface area contributed by atoms with Crippen LogP contribution in [0.5, 0.6) is 11.5 Å². The van der Waals surface area contributed by atoms with E-state index in [9.17, 15) is 14.4 Å². The minimum absolute atomic E-state index is 0.0539. The molecule has 1 aliphatic rings. The summed E-state index contributed by atoms with van der Waals surface area (Å²) in [6.45, 7) is 3.55. The molecule has 0 unspecified atom stereocenters. The van der Waals surface area contributed by atoms with E-state index in [4.69, 9.17) is 13.9 Å². The Hall–Kier alpha value is -3.75. The van der Waals surface area contributed by atoms with Gasteiger partial charge in [0.05, 0.1) is 27.0 Å². The van der Waals surface area contributed by atoms with Crippen LogP contribution in [-0.4, -0.2) is 56.0 Å². The predicted octanol–water partition coefficient (Wildman–Crippen LogP) is 3.23. The molecule has 0 spiro atoms. The average molecular weight is 484 g/mol. The number of furan rings is 1. The van der Waals surface area contributed by atoms with Crippen LogP contribution >= 0.6 is 0 Å². The Morgan fingerprint density at radius 1 is 1.14 bits per heavy atom. The van der Waals surface area contributed by atoms with Crippen molar-refractivity contribution in [2.24, 2.45) is 0 Å². The summed E-state index contributed by atoms with van der Waals surface area (Å²) in [6, 6.07) is 7.31. The second-order valence-electron chi connectivity index (χ2n) is 8.36. The van der Waals surface area contributed by atoms with E-state index in [1.54, 1.807) is 30.3 Å². The molecule has 0 aliphatic heterocycles. The molecule has 9 nitrogen and oxygen atoms in total. The Balaban J connectivity index is 1.88. The van der Waals surface area contributed by atoms with Gasteiger partial charge in [-0.05, 0) is 42.7 Å². The van der Waals surface area contributed by atoms with E-state index in [0.29, 0.717) is 17.1 Å². The summed E-state index contributed by atoms with van der Waals surface area (Å²) in [5, 5.41) is 5.68. The number of carbonyl (C=O) groups is 3. The third-order valence-electron chi connectivity index (χ3n) is 6.03. The number of carbonyl (C=O) groups excluding carboxylic acids is 3. The summed E-state index contributed by atoms with van der Waals surface area (Å²) in [4.78, 5) is 40.6. The predicted molar refractivity (Wildman–Crippen MR) is 130 cm³/mol. The molecule has 35 heavy (non-hydrogen) atoms. The van der Waals surface area contributed by atoms with E-state index in [1.807, 2.05) is 0 Å². The van der Waals surface area contributed by atoms with Gasteiger partial charge in [-0.15, -0.1) is 6.58 Å². The number of benzene rings is 1. The van der Waals surface area contributed by atoms with Gasteiger partial charge in [-0.2, -0.15) is 0 Å². The van der Waals surface area contributed by atoms with Crippen molar-refractivity contribution in [3.8, 4) is 11.5 Å². The molecule has 1 aliphatic carbocycles. The molecule has 0 bridgehead atoms. The summed E-state index contributed by atoms with van der Waals surface area (Å²) in [5.41, 5.74) is 0.559. The van der Waals surface area contributed by atoms with Gasteiger partial charge in [-0.3, -0.25) is 14.4 Å². The van der Waals surface area contributed by atoms with E-state index in [-0.39, 0.29) is 30.8 Å². The molecule has 1 heterocycles.